The maximum atomic E-state index is 4.69. The fourth-order valence-electron chi connectivity index (χ4n) is 2.38. The average Bonchev–Trinajstić information content (AvgIpc) is 3.04. The topological polar surface area (TPSA) is 85.9 Å². The van der Waals surface area contributed by atoms with E-state index < -0.39 is 0 Å². The summed E-state index contributed by atoms with van der Waals surface area (Å²) in [6.45, 7) is 3.74. The van der Waals surface area contributed by atoms with E-state index in [0.29, 0.717) is 11.6 Å². The van der Waals surface area contributed by atoms with E-state index >= 15 is 0 Å². The molecule has 26 heavy (non-hydrogen) atoms. The molecule has 3 heterocycles. The van der Waals surface area contributed by atoms with E-state index in [1.165, 1.54) is 0 Å². The molecule has 8 nitrogen and oxygen atoms in total. The predicted molar refractivity (Wildman–Crippen MR) is 104 cm³/mol. The van der Waals surface area contributed by atoms with E-state index in [2.05, 4.69) is 49.4 Å². The van der Waals surface area contributed by atoms with Crippen molar-refractivity contribution < 1.29 is 0 Å². The van der Waals surface area contributed by atoms with Crippen LogP contribution in [0.25, 0.3) is 11.5 Å². The molecule has 0 fully saturated rings. The summed E-state index contributed by atoms with van der Waals surface area (Å²) in [4.78, 5) is 17.9. The molecule has 0 aliphatic rings. The quantitative estimate of drug-likeness (QED) is 0.675. The Morgan fingerprint density at radius 2 is 1.88 bits per heavy atom. The summed E-state index contributed by atoms with van der Waals surface area (Å²) in [7, 11) is 6.14. The van der Waals surface area contributed by atoms with Gasteiger partial charge in [-0.25, -0.2) is 9.97 Å². The number of rotatable bonds is 7. The van der Waals surface area contributed by atoms with Gasteiger partial charge in [0.2, 0.25) is 0 Å². The Balaban J connectivity index is 1.93. The van der Waals surface area contributed by atoms with Gasteiger partial charge in [-0.05, 0) is 33.2 Å². The molecule has 3 aromatic rings. The fourth-order valence-corrected chi connectivity index (χ4v) is 2.38. The molecule has 0 radical (unpaired) electrons. The Labute approximate surface area is 153 Å². The highest BCUT2D eigenvalue weighted by Crippen LogP contribution is 2.22. The van der Waals surface area contributed by atoms with Gasteiger partial charge in [-0.15, -0.1) is 0 Å². The lowest BCUT2D eigenvalue weighted by Gasteiger charge is -2.21. The summed E-state index contributed by atoms with van der Waals surface area (Å²) in [5, 5.41) is 10.4. The van der Waals surface area contributed by atoms with Gasteiger partial charge in [-0.3, -0.25) is 10.1 Å². The number of aromatic amines is 1. The summed E-state index contributed by atoms with van der Waals surface area (Å²) in [6.07, 6.45) is 1.74. The standard InChI is InChI=1S/C18H24N8/c1-13-11-16(24-23-13)20-15-12-17(26(4)10-9-25(2)3)22-18(21-15)14-7-5-6-8-19-14/h5-8,11-12H,9-10H2,1-4H3,(H2,20,21,22,23,24). The molecule has 3 aromatic heterocycles. The molecule has 2 N–H and O–H groups in total. The number of likely N-dealkylation sites (N-methyl/N-ethyl adjacent to an activating group) is 2. The Morgan fingerprint density at radius 1 is 1.04 bits per heavy atom. The van der Waals surface area contributed by atoms with E-state index in [1.54, 1.807) is 6.20 Å². The van der Waals surface area contributed by atoms with Crippen LogP contribution in [0, 0.1) is 6.92 Å². The van der Waals surface area contributed by atoms with E-state index in [1.807, 2.05) is 44.3 Å². The maximum Gasteiger partial charge on any atom is 0.182 e. The molecule has 0 spiro atoms. The van der Waals surface area contributed by atoms with Gasteiger partial charge in [0.25, 0.3) is 0 Å². The van der Waals surface area contributed by atoms with E-state index in [0.717, 1.165) is 36.1 Å². The second-order valence-electron chi connectivity index (χ2n) is 6.44. The van der Waals surface area contributed by atoms with Gasteiger partial charge in [0, 0.05) is 44.2 Å². The van der Waals surface area contributed by atoms with Gasteiger partial charge in [0.1, 0.15) is 17.3 Å². The number of anilines is 3. The highest BCUT2D eigenvalue weighted by atomic mass is 15.2. The van der Waals surface area contributed by atoms with Crippen LogP contribution in [0.15, 0.2) is 36.5 Å². The minimum atomic E-state index is 0.578. The van der Waals surface area contributed by atoms with Crippen molar-refractivity contribution in [2.45, 2.75) is 6.92 Å². The van der Waals surface area contributed by atoms with Crippen molar-refractivity contribution in [1.82, 2.24) is 30.0 Å². The minimum absolute atomic E-state index is 0.578. The summed E-state index contributed by atoms with van der Waals surface area (Å²) in [5.41, 5.74) is 1.71. The number of hydrogen-bond acceptors (Lipinski definition) is 7. The summed E-state index contributed by atoms with van der Waals surface area (Å²) in [6, 6.07) is 9.56. The maximum absolute atomic E-state index is 4.69. The lowest BCUT2D eigenvalue weighted by molar-refractivity contribution is 0.416. The van der Waals surface area contributed by atoms with Crippen molar-refractivity contribution in [3.63, 3.8) is 0 Å². The monoisotopic (exact) mass is 352 g/mol. The molecule has 0 saturated carbocycles. The van der Waals surface area contributed by atoms with Crippen LogP contribution in [-0.4, -0.2) is 64.3 Å². The minimum Gasteiger partial charge on any atom is -0.358 e. The molecule has 0 saturated heterocycles. The second kappa shape index (κ2) is 7.92. The van der Waals surface area contributed by atoms with Gasteiger partial charge >= 0.3 is 0 Å². The van der Waals surface area contributed by atoms with Crippen LogP contribution in [0.5, 0.6) is 0 Å². The summed E-state index contributed by atoms with van der Waals surface area (Å²) < 4.78 is 0. The number of aromatic nitrogens is 5. The van der Waals surface area contributed by atoms with Crippen molar-refractivity contribution in [1.29, 1.82) is 0 Å². The van der Waals surface area contributed by atoms with E-state index in [-0.39, 0.29) is 0 Å². The zero-order valence-electron chi connectivity index (χ0n) is 15.6. The molecule has 0 aliphatic carbocycles. The Morgan fingerprint density at radius 3 is 2.54 bits per heavy atom. The highest BCUT2D eigenvalue weighted by Gasteiger charge is 2.12. The zero-order chi connectivity index (χ0) is 18.5. The SMILES string of the molecule is Cc1cc(Nc2cc(N(C)CCN(C)C)nc(-c3ccccn3)n2)n[nH]1. The smallest absolute Gasteiger partial charge is 0.182 e. The summed E-state index contributed by atoms with van der Waals surface area (Å²) in [5.74, 6) is 2.81. The van der Waals surface area contributed by atoms with Gasteiger partial charge in [-0.1, -0.05) is 6.07 Å². The lowest BCUT2D eigenvalue weighted by Crippen LogP contribution is -2.29. The molecule has 0 atom stereocenters. The van der Waals surface area contributed by atoms with Crippen LogP contribution in [-0.2, 0) is 0 Å². The van der Waals surface area contributed by atoms with Crippen LogP contribution in [0.3, 0.4) is 0 Å². The molecule has 3 rings (SSSR count). The van der Waals surface area contributed by atoms with Crippen LogP contribution in [0.1, 0.15) is 5.69 Å². The Kier molecular flexibility index (Phi) is 5.43. The van der Waals surface area contributed by atoms with Gasteiger partial charge < -0.3 is 15.1 Å². The number of hydrogen-bond donors (Lipinski definition) is 2. The Hall–Kier alpha value is -3.00. The first-order chi connectivity index (χ1) is 12.5. The first kappa shape index (κ1) is 17.8. The normalized spacial score (nSPS) is 11.0. The number of aryl methyl sites for hydroxylation is 1. The lowest BCUT2D eigenvalue weighted by atomic mass is 10.3. The molecule has 0 amide bonds. The van der Waals surface area contributed by atoms with Crippen molar-refractivity contribution in [3.05, 3.63) is 42.2 Å². The van der Waals surface area contributed by atoms with Gasteiger partial charge in [-0.2, -0.15) is 5.10 Å². The largest absolute Gasteiger partial charge is 0.358 e. The van der Waals surface area contributed by atoms with Crippen molar-refractivity contribution in [2.24, 2.45) is 0 Å². The molecular formula is C18H24N8. The first-order valence-electron chi connectivity index (χ1n) is 8.46. The third-order valence-electron chi connectivity index (χ3n) is 3.84. The predicted octanol–water partition coefficient (Wildman–Crippen LogP) is 2.31. The average molecular weight is 352 g/mol. The fraction of sp³-hybridized carbons (Fsp3) is 0.333. The van der Waals surface area contributed by atoms with Gasteiger partial charge in [0.05, 0.1) is 0 Å². The van der Waals surface area contributed by atoms with Crippen molar-refractivity contribution >= 4 is 17.5 Å². The molecule has 0 aromatic carbocycles. The van der Waals surface area contributed by atoms with Crippen LogP contribution < -0.4 is 10.2 Å². The van der Waals surface area contributed by atoms with Crippen molar-refractivity contribution in [3.8, 4) is 11.5 Å². The molecule has 136 valence electrons. The molecule has 8 heteroatoms. The molecule has 0 unspecified atom stereocenters. The third-order valence-corrected chi connectivity index (χ3v) is 3.84. The number of H-pyrrole nitrogens is 1. The first-order valence-corrected chi connectivity index (χ1v) is 8.46. The zero-order valence-corrected chi connectivity index (χ0v) is 15.6. The molecular weight excluding hydrogens is 328 g/mol. The number of nitrogens with one attached hydrogen (secondary N) is 2. The number of pyridine rings is 1. The molecule has 0 bridgehead atoms. The van der Waals surface area contributed by atoms with Crippen LogP contribution >= 0.6 is 0 Å². The number of nitrogens with zero attached hydrogens (tertiary/aromatic N) is 6. The third kappa shape index (κ3) is 4.54. The van der Waals surface area contributed by atoms with Crippen LogP contribution in [0.2, 0.25) is 0 Å². The second-order valence-corrected chi connectivity index (χ2v) is 6.44. The highest BCUT2D eigenvalue weighted by molar-refractivity contribution is 5.62. The van der Waals surface area contributed by atoms with E-state index in [9.17, 15) is 0 Å². The van der Waals surface area contributed by atoms with E-state index in [4.69, 9.17) is 4.98 Å². The molecule has 0 aliphatic heterocycles. The van der Waals surface area contributed by atoms with Crippen molar-refractivity contribution in [2.75, 3.05) is 44.4 Å². The van der Waals surface area contributed by atoms with Gasteiger partial charge in [0.15, 0.2) is 11.6 Å². The summed E-state index contributed by atoms with van der Waals surface area (Å²) >= 11 is 0. The Bertz CT molecular complexity index is 843. The van der Waals surface area contributed by atoms with Crippen LogP contribution in [0.4, 0.5) is 17.5 Å².